The van der Waals surface area contributed by atoms with Gasteiger partial charge in [0.2, 0.25) is 5.91 Å². The highest BCUT2D eigenvalue weighted by Crippen LogP contribution is 2.24. The van der Waals surface area contributed by atoms with Gasteiger partial charge in [-0.1, -0.05) is 47.1 Å². The largest absolute Gasteiger partial charge is 0.323 e. The maximum Gasteiger partial charge on any atom is 0.234 e. The molecule has 0 radical (unpaired) electrons. The molecule has 2 aromatic carbocycles. The van der Waals surface area contributed by atoms with Crippen LogP contribution >= 0.6 is 23.4 Å². The number of carbonyl (C=O) groups excluding carboxylic acids is 1. The zero-order chi connectivity index (χ0) is 18.7. The Morgan fingerprint density at radius 3 is 2.81 bits per heavy atom. The number of hydrogen-bond acceptors (Lipinski definition) is 4. The maximum absolute atomic E-state index is 13.7. The number of carbonyl (C=O) groups is 1. The molecule has 0 fully saturated rings. The SMILES string of the molecule is Cc1cccc(-c2nnc(SCC(=O)Nc3ccc(Cl)cc3F)n2C)c1. The van der Waals surface area contributed by atoms with Crippen LogP contribution in [0.4, 0.5) is 10.1 Å². The number of amides is 1. The zero-order valence-electron chi connectivity index (χ0n) is 14.2. The molecule has 1 N–H and O–H groups in total. The van der Waals surface area contributed by atoms with Crippen LogP contribution in [-0.2, 0) is 11.8 Å². The second-order valence-electron chi connectivity index (χ2n) is 5.70. The quantitative estimate of drug-likeness (QED) is 0.659. The smallest absolute Gasteiger partial charge is 0.234 e. The summed E-state index contributed by atoms with van der Waals surface area (Å²) in [6, 6.07) is 12.1. The summed E-state index contributed by atoms with van der Waals surface area (Å²) in [6.07, 6.45) is 0. The Labute approximate surface area is 159 Å². The van der Waals surface area contributed by atoms with Gasteiger partial charge in [0.05, 0.1) is 11.4 Å². The van der Waals surface area contributed by atoms with Gasteiger partial charge < -0.3 is 9.88 Å². The van der Waals surface area contributed by atoms with Crippen LogP contribution in [0.25, 0.3) is 11.4 Å². The van der Waals surface area contributed by atoms with Crippen molar-refractivity contribution < 1.29 is 9.18 Å². The monoisotopic (exact) mass is 390 g/mol. The normalized spacial score (nSPS) is 10.8. The van der Waals surface area contributed by atoms with Gasteiger partial charge >= 0.3 is 0 Å². The number of nitrogens with one attached hydrogen (secondary N) is 1. The van der Waals surface area contributed by atoms with Crippen LogP contribution in [0.1, 0.15) is 5.56 Å². The molecule has 1 amide bonds. The van der Waals surface area contributed by atoms with Crippen LogP contribution in [0.5, 0.6) is 0 Å². The number of aryl methyl sites for hydroxylation is 1. The lowest BCUT2D eigenvalue weighted by Gasteiger charge is -2.07. The molecule has 8 heteroatoms. The molecule has 0 aliphatic heterocycles. The summed E-state index contributed by atoms with van der Waals surface area (Å²) in [5.74, 6) is -0.102. The average Bonchev–Trinajstić information content (AvgIpc) is 2.96. The Balaban J connectivity index is 1.66. The summed E-state index contributed by atoms with van der Waals surface area (Å²) < 4.78 is 15.6. The molecule has 0 bridgehead atoms. The zero-order valence-corrected chi connectivity index (χ0v) is 15.7. The van der Waals surface area contributed by atoms with Crippen LogP contribution in [0.15, 0.2) is 47.6 Å². The van der Waals surface area contributed by atoms with E-state index >= 15 is 0 Å². The Kier molecular flexibility index (Phi) is 5.58. The molecule has 5 nitrogen and oxygen atoms in total. The Bertz CT molecular complexity index is 960. The second kappa shape index (κ2) is 7.88. The number of benzene rings is 2. The summed E-state index contributed by atoms with van der Waals surface area (Å²) in [7, 11) is 1.84. The predicted octanol–water partition coefficient (Wildman–Crippen LogP) is 4.31. The van der Waals surface area contributed by atoms with Crippen molar-refractivity contribution in [1.82, 2.24) is 14.8 Å². The highest BCUT2D eigenvalue weighted by Gasteiger charge is 2.14. The molecule has 0 aliphatic rings. The topological polar surface area (TPSA) is 59.8 Å². The van der Waals surface area contributed by atoms with E-state index in [0.717, 1.165) is 23.0 Å². The van der Waals surface area contributed by atoms with Crippen molar-refractivity contribution in [3.8, 4) is 11.4 Å². The molecule has 0 saturated carbocycles. The van der Waals surface area contributed by atoms with Crippen LogP contribution in [0.3, 0.4) is 0 Å². The molecule has 0 spiro atoms. The van der Waals surface area contributed by atoms with E-state index in [2.05, 4.69) is 15.5 Å². The minimum Gasteiger partial charge on any atom is -0.323 e. The predicted molar refractivity (Wildman–Crippen MR) is 102 cm³/mol. The van der Waals surface area contributed by atoms with Gasteiger partial charge in [0, 0.05) is 17.6 Å². The Morgan fingerprint density at radius 1 is 1.27 bits per heavy atom. The third-order valence-electron chi connectivity index (χ3n) is 3.65. The molecule has 26 heavy (non-hydrogen) atoms. The van der Waals surface area contributed by atoms with E-state index < -0.39 is 5.82 Å². The van der Waals surface area contributed by atoms with E-state index in [1.807, 2.05) is 42.8 Å². The second-order valence-corrected chi connectivity index (χ2v) is 7.07. The first-order valence-corrected chi connectivity index (χ1v) is 9.14. The lowest BCUT2D eigenvalue weighted by molar-refractivity contribution is -0.113. The molecule has 1 aromatic heterocycles. The molecule has 1 heterocycles. The van der Waals surface area contributed by atoms with Crippen molar-refractivity contribution in [1.29, 1.82) is 0 Å². The average molecular weight is 391 g/mol. The fraction of sp³-hybridized carbons (Fsp3) is 0.167. The van der Waals surface area contributed by atoms with E-state index in [1.165, 1.54) is 23.9 Å². The summed E-state index contributed by atoms with van der Waals surface area (Å²) >= 11 is 6.93. The summed E-state index contributed by atoms with van der Waals surface area (Å²) in [4.78, 5) is 12.1. The minimum atomic E-state index is -0.573. The van der Waals surface area contributed by atoms with Crippen molar-refractivity contribution in [3.05, 3.63) is 58.9 Å². The number of nitrogens with zero attached hydrogens (tertiary/aromatic N) is 3. The van der Waals surface area contributed by atoms with E-state index in [4.69, 9.17) is 11.6 Å². The number of thioether (sulfide) groups is 1. The Morgan fingerprint density at radius 2 is 2.08 bits per heavy atom. The fourth-order valence-corrected chi connectivity index (χ4v) is 3.25. The molecule has 0 atom stereocenters. The van der Waals surface area contributed by atoms with Crippen LogP contribution in [0, 0.1) is 12.7 Å². The molecule has 0 saturated heterocycles. The van der Waals surface area contributed by atoms with Gasteiger partial charge in [0.1, 0.15) is 5.82 Å². The highest BCUT2D eigenvalue weighted by atomic mass is 35.5. The van der Waals surface area contributed by atoms with Crippen molar-refractivity contribution in [2.24, 2.45) is 7.05 Å². The molecular weight excluding hydrogens is 375 g/mol. The number of anilines is 1. The third kappa shape index (κ3) is 4.23. The van der Waals surface area contributed by atoms with E-state index in [9.17, 15) is 9.18 Å². The van der Waals surface area contributed by atoms with Crippen LogP contribution in [0.2, 0.25) is 5.02 Å². The fourth-order valence-electron chi connectivity index (χ4n) is 2.38. The van der Waals surface area contributed by atoms with Gasteiger partial charge in [-0.15, -0.1) is 10.2 Å². The van der Waals surface area contributed by atoms with Crippen LogP contribution in [-0.4, -0.2) is 26.4 Å². The molecular formula is C18H16ClFN4OS. The summed E-state index contributed by atoms with van der Waals surface area (Å²) in [6.45, 7) is 2.01. The van der Waals surface area contributed by atoms with Gasteiger partial charge in [0.25, 0.3) is 0 Å². The van der Waals surface area contributed by atoms with Crippen molar-refractivity contribution in [2.45, 2.75) is 12.1 Å². The molecule has 134 valence electrons. The molecule has 3 aromatic rings. The lowest BCUT2D eigenvalue weighted by atomic mass is 10.1. The Hall–Kier alpha value is -2.38. The molecule has 0 unspecified atom stereocenters. The van der Waals surface area contributed by atoms with Gasteiger partial charge in [-0.05, 0) is 31.2 Å². The minimum absolute atomic E-state index is 0.0852. The van der Waals surface area contributed by atoms with Crippen LogP contribution < -0.4 is 5.32 Å². The number of rotatable bonds is 5. The van der Waals surface area contributed by atoms with Gasteiger partial charge in [-0.3, -0.25) is 4.79 Å². The summed E-state index contributed by atoms with van der Waals surface area (Å²) in [5, 5.41) is 11.7. The first kappa shape index (κ1) is 18.4. The molecule has 0 aliphatic carbocycles. The van der Waals surface area contributed by atoms with Crippen molar-refractivity contribution >= 4 is 35.0 Å². The van der Waals surface area contributed by atoms with Gasteiger partial charge in [-0.25, -0.2) is 4.39 Å². The highest BCUT2D eigenvalue weighted by molar-refractivity contribution is 7.99. The summed E-state index contributed by atoms with van der Waals surface area (Å²) in [5.41, 5.74) is 2.18. The lowest BCUT2D eigenvalue weighted by Crippen LogP contribution is -2.15. The first-order valence-electron chi connectivity index (χ1n) is 7.78. The van der Waals surface area contributed by atoms with Crippen molar-refractivity contribution in [2.75, 3.05) is 11.1 Å². The number of halogens is 2. The van der Waals surface area contributed by atoms with E-state index in [-0.39, 0.29) is 22.4 Å². The van der Waals surface area contributed by atoms with Gasteiger partial charge in [0.15, 0.2) is 11.0 Å². The maximum atomic E-state index is 13.7. The van der Waals surface area contributed by atoms with E-state index in [0.29, 0.717) is 5.16 Å². The van der Waals surface area contributed by atoms with Crippen molar-refractivity contribution in [3.63, 3.8) is 0 Å². The third-order valence-corrected chi connectivity index (χ3v) is 4.90. The number of hydrogen-bond donors (Lipinski definition) is 1. The standard InChI is InChI=1S/C18H16ClFN4OS/c1-11-4-3-5-12(8-11)17-22-23-18(24(17)2)26-10-16(25)21-15-7-6-13(19)9-14(15)20/h3-9H,10H2,1-2H3,(H,21,25). The van der Waals surface area contributed by atoms with Gasteiger partial charge in [-0.2, -0.15) is 0 Å². The van der Waals surface area contributed by atoms with E-state index in [1.54, 1.807) is 0 Å². The first-order chi connectivity index (χ1) is 12.4. The number of aromatic nitrogens is 3. The molecule has 3 rings (SSSR count).